The van der Waals surface area contributed by atoms with Crippen LogP contribution in [0.25, 0.3) is 0 Å². The third-order valence-electron chi connectivity index (χ3n) is 4.82. The van der Waals surface area contributed by atoms with E-state index in [4.69, 9.17) is 5.73 Å². The number of rotatable bonds is 1. The summed E-state index contributed by atoms with van der Waals surface area (Å²) in [5.74, 6) is 2.81. The number of hydrogen-bond donors (Lipinski definition) is 1. The molecule has 3 nitrogen and oxygen atoms in total. The standard InChI is InChI=1S/C13H22N2OS.ClH/c1-8-7-15(4-5-17-8)13(16)11-9-2-3-10(6-9)12(11)14;/h8-12H,2-7,14H2,1H3;1H. The van der Waals surface area contributed by atoms with Crippen LogP contribution >= 0.6 is 24.2 Å². The molecule has 1 aliphatic heterocycles. The molecule has 1 heterocycles. The highest BCUT2D eigenvalue weighted by molar-refractivity contribution is 7.99. The molecule has 0 spiro atoms. The molecule has 0 aromatic rings. The summed E-state index contributed by atoms with van der Waals surface area (Å²) < 4.78 is 0. The molecule has 3 fully saturated rings. The second kappa shape index (κ2) is 5.59. The molecule has 0 aromatic carbocycles. The van der Waals surface area contributed by atoms with E-state index in [1.54, 1.807) is 0 Å². The maximum absolute atomic E-state index is 12.6. The minimum atomic E-state index is 0. The molecule has 5 heteroatoms. The molecule has 2 bridgehead atoms. The van der Waals surface area contributed by atoms with Gasteiger partial charge in [0.1, 0.15) is 0 Å². The zero-order valence-electron chi connectivity index (χ0n) is 10.9. The lowest BCUT2D eigenvalue weighted by Gasteiger charge is -2.36. The van der Waals surface area contributed by atoms with Gasteiger partial charge in [0, 0.05) is 30.1 Å². The number of fused-ring (bicyclic) bond motifs is 2. The molecule has 2 aliphatic carbocycles. The van der Waals surface area contributed by atoms with Crippen molar-refractivity contribution in [3.8, 4) is 0 Å². The van der Waals surface area contributed by atoms with Crippen molar-refractivity contribution in [1.29, 1.82) is 0 Å². The summed E-state index contributed by atoms with van der Waals surface area (Å²) in [6, 6.07) is 0.145. The van der Waals surface area contributed by atoms with Crippen LogP contribution in [0.3, 0.4) is 0 Å². The Kier molecular flexibility index (Phi) is 4.50. The summed E-state index contributed by atoms with van der Waals surface area (Å²) in [5, 5.41) is 0.586. The van der Waals surface area contributed by atoms with Gasteiger partial charge in [-0.3, -0.25) is 4.79 Å². The fourth-order valence-corrected chi connectivity index (χ4v) is 4.95. The molecule has 5 unspecified atom stereocenters. The number of amides is 1. The molecular weight excluding hydrogens is 268 g/mol. The van der Waals surface area contributed by atoms with Crippen LogP contribution in [0.2, 0.25) is 0 Å². The SMILES string of the molecule is CC1CN(C(=O)C2C3CCC(C3)C2N)CCS1.Cl. The molecule has 1 saturated heterocycles. The van der Waals surface area contributed by atoms with E-state index in [2.05, 4.69) is 11.8 Å². The second-order valence-corrected chi connectivity index (χ2v) is 7.45. The van der Waals surface area contributed by atoms with Gasteiger partial charge in [-0.1, -0.05) is 6.92 Å². The van der Waals surface area contributed by atoms with Crippen LogP contribution in [0.4, 0.5) is 0 Å². The predicted molar refractivity (Wildman–Crippen MR) is 78.0 cm³/mol. The first kappa shape index (κ1) is 14.5. The van der Waals surface area contributed by atoms with E-state index >= 15 is 0 Å². The smallest absolute Gasteiger partial charge is 0.227 e. The molecular formula is C13H23ClN2OS. The number of nitrogens with two attached hydrogens (primary N) is 1. The summed E-state index contributed by atoms with van der Waals surface area (Å²) in [6.07, 6.45) is 3.69. The van der Waals surface area contributed by atoms with Gasteiger partial charge in [-0.05, 0) is 31.1 Å². The van der Waals surface area contributed by atoms with Gasteiger partial charge >= 0.3 is 0 Å². The Morgan fingerprint density at radius 3 is 2.67 bits per heavy atom. The molecule has 0 radical (unpaired) electrons. The number of nitrogens with zero attached hydrogens (tertiary/aromatic N) is 1. The highest BCUT2D eigenvalue weighted by atomic mass is 35.5. The third kappa shape index (κ3) is 2.39. The molecule has 5 atom stereocenters. The lowest BCUT2D eigenvalue weighted by Crippen LogP contribution is -2.50. The number of carbonyl (C=O) groups excluding carboxylic acids is 1. The van der Waals surface area contributed by atoms with E-state index in [0.29, 0.717) is 23.0 Å². The molecule has 2 saturated carbocycles. The van der Waals surface area contributed by atoms with Crippen LogP contribution in [-0.2, 0) is 4.79 Å². The first-order chi connectivity index (χ1) is 8.16. The Hall–Kier alpha value is 0.0700. The number of hydrogen-bond acceptors (Lipinski definition) is 3. The lowest BCUT2D eigenvalue weighted by molar-refractivity contribution is -0.137. The molecule has 3 rings (SSSR count). The van der Waals surface area contributed by atoms with Crippen molar-refractivity contribution in [1.82, 2.24) is 4.90 Å². The van der Waals surface area contributed by atoms with Gasteiger partial charge in [0.25, 0.3) is 0 Å². The van der Waals surface area contributed by atoms with Gasteiger partial charge in [-0.2, -0.15) is 11.8 Å². The van der Waals surface area contributed by atoms with Gasteiger partial charge < -0.3 is 10.6 Å². The van der Waals surface area contributed by atoms with Crippen LogP contribution in [0, 0.1) is 17.8 Å². The van der Waals surface area contributed by atoms with Crippen molar-refractivity contribution in [3.63, 3.8) is 0 Å². The number of halogens is 1. The van der Waals surface area contributed by atoms with Crippen molar-refractivity contribution >= 4 is 30.1 Å². The zero-order valence-corrected chi connectivity index (χ0v) is 12.5. The lowest BCUT2D eigenvalue weighted by atomic mass is 9.84. The van der Waals surface area contributed by atoms with Crippen LogP contribution < -0.4 is 5.73 Å². The number of carbonyl (C=O) groups is 1. The van der Waals surface area contributed by atoms with E-state index in [1.165, 1.54) is 19.3 Å². The molecule has 18 heavy (non-hydrogen) atoms. The molecule has 2 N–H and O–H groups in total. The Bertz CT molecular complexity index is 326. The van der Waals surface area contributed by atoms with Gasteiger partial charge in [-0.25, -0.2) is 0 Å². The van der Waals surface area contributed by atoms with Crippen molar-refractivity contribution in [2.24, 2.45) is 23.5 Å². The van der Waals surface area contributed by atoms with E-state index in [0.717, 1.165) is 18.8 Å². The van der Waals surface area contributed by atoms with Crippen molar-refractivity contribution in [2.45, 2.75) is 37.5 Å². The minimum absolute atomic E-state index is 0. The summed E-state index contributed by atoms with van der Waals surface area (Å²) >= 11 is 1.97. The summed E-state index contributed by atoms with van der Waals surface area (Å²) in [5.41, 5.74) is 6.25. The monoisotopic (exact) mass is 290 g/mol. The Morgan fingerprint density at radius 1 is 1.33 bits per heavy atom. The Balaban J connectivity index is 0.00000120. The predicted octanol–water partition coefficient (Wildman–Crippen LogP) is 1.75. The quantitative estimate of drug-likeness (QED) is 0.800. The largest absolute Gasteiger partial charge is 0.340 e. The van der Waals surface area contributed by atoms with Crippen LogP contribution in [0.1, 0.15) is 26.2 Å². The van der Waals surface area contributed by atoms with Gasteiger partial charge in [0.15, 0.2) is 0 Å². The van der Waals surface area contributed by atoms with Gasteiger partial charge in [0.2, 0.25) is 5.91 Å². The summed E-state index contributed by atoms with van der Waals surface area (Å²) in [7, 11) is 0. The molecule has 104 valence electrons. The average Bonchev–Trinajstić information content (AvgIpc) is 2.88. The van der Waals surface area contributed by atoms with Gasteiger partial charge in [0.05, 0.1) is 5.92 Å². The highest BCUT2D eigenvalue weighted by Gasteiger charge is 2.50. The van der Waals surface area contributed by atoms with Crippen LogP contribution in [-0.4, -0.2) is 40.9 Å². The van der Waals surface area contributed by atoms with Crippen LogP contribution in [0.15, 0.2) is 0 Å². The Morgan fingerprint density at radius 2 is 2.06 bits per heavy atom. The first-order valence-corrected chi connectivity index (χ1v) is 7.87. The second-order valence-electron chi connectivity index (χ2n) is 5.90. The van der Waals surface area contributed by atoms with E-state index in [-0.39, 0.29) is 24.4 Å². The minimum Gasteiger partial charge on any atom is -0.340 e. The first-order valence-electron chi connectivity index (χ1n) is 6.83. The summed E-state index contributed by atoms with van der Waals surface area (Å²) in [6.45, 7) is 4.06. The fourth-order valence-electron chi connectivity index (χ4n) is 3.93. The summed E-state index contributed by atoms with van der Waals surface area (Å²) in [4.78, 5) is 14.7. The maximum atomic E-state index is 12.6. The maximum Gasteiger partial charge on any atom is 0.227 e. The Labute approximate surface area is 120 Å². The van der Waals surface area contributed by atoms with Crippen molar-refractivity contribution < 1.29 is 4.79 Å². The normalized spacial score (nSPS) is 42.8. The molecule has 1 amide bonds. The molecule has 0 aromatic heterocycles. The average molecular weight is 291 g/mol. The third-order valence-corrected chi connectivity index (χ3v) is 5.95. The van der Waals surface area contributed by atoms with Crippen molar-refractivity contribution in [2.75, 3.05) is 18.8 Å². The van der Waals surface area contributed by atoms with E-state index < -0.39 is 0 Å². The van der Waals surface area contributed by atoms with Crippen LogP contribution in [0.5, 0.6) is 0 Å². The van der Waals surface area contributed by atoms with Gasteiger partial charge in [-0.15, -0.1) is 12.4 Å². The van der Waals surface area contributed by atoms with E-state index in [9.17, 15) is 4.79 Å². The zero-order chi connectivity index (χ0) is 12.0. The van der Waals surface area contributed by atoms with Crippen molar-refractivity contribution in [3.05, 3.63) is 0 Å². The topological polar surface area (TPSA) is 46.3 Å². The van der Waals surface area contributed by atoms with E-state index in [1.807, 2.05) is 11.8 Å². The molecule has 3 aliphatic rings. The number of thioether (sulfide) groups is 1. The fraction of sp³-hybridized carbons (Fsp3) is 0.923. The highest BCUT2D eigenvalue weighted by Crippen LogP contribution is 2.48.